The van der Waals surface area contributed by atoms with Gasteiger partial charge in [-0.1, -0.05) is 0 Å². The van der Waals surface area contributed by atoms with Gasteiger partial charge in [-0.05, 0) is 36.8 Å². The van der Waals surface area contributed by atoms with Crippen molar-refractivity contribution in [1.29, 1.82) is 0 Å². The molecule has 3 heterocycles. The molecular formula is C17H13F2N5O2. The van der Waals surface area contributed by atoms with E-state index < -0.39 is 17.6 Å². The number of rotatable bonds is 2. The fourth-order valence-electron chi connectivity index (χ4n) is 3.22. The van der Waals surface area contributed by atoms with Crippen molar-refractivity contribution in [1.82, 2.24) is 20.0 Å². The normalized spacial score (nSPS) is 16.3. The van der Waals surface area contributed by atoms with Gasteiger partial charge < -0.3 is 5.32 Å². The molecule has 9 heteroatoms. The molecule has 26 heavy (non-hydrogen) atoms. The van der Waals surface area contributed by atoms with Crippen LogP contribution in [-0.4, -0.2) is 25.9 Å². The molecule has 1 atom stereocenters. The Hall–Kier alpha value is -3.36. The number of fused-ring (bicyclic) bond motifs is 1. The van der Waals surface area contributed by atoms with E-state index >= 15 is 0 Å². The van der Waals surface area contributed by atoms with Gasteiger partial charge in [0.2, 0.25) is 5.91 Å². The predicted molar refractivity (Wildman–Crippen MR) is 88.2 cm³/mol. The van der Waals surface area contributed by atoms with E-state index in [-0.39, 0.29) is 29.3 Å². The lowest BCUT2D eigenvalue weighted by molar-refractivity contribution is -0.116. The quantitative estimate of drug-likeness (QED) is 0.734. The molecule has 0 radical (unpaired) electrons. The zero-order valence-electron chi connectivity index (χ0n) is 13.6. The van der Waals surface area contributed by atoms with Crippen LogP contribution in [0.25, 0.3) is 5.82 Å². The van der Waals surface area contributed by atoms with Crippen LogP contribution in [0.2, 0.25) is 0 Å². The average Bonchev–Trinajstić information content (AvgIpc) is 2.94. The molecule has 0 saturated heterocycles. The third-order valence-corrected chi connectivity index (χ3v) is 4.32. The van der Waals surface area contributed by atoms with Gasteiger partial charge in [0.15, 0.2) is 5.82 Å². The van der Waals surface area contributed by atoms with E-state index in [0.717, 1.165) is 18.2 Å². The maximum Gasteiger partial charge on any atom is 0.264 e. The molecule has 1 aliphatic rings. The van der Waals surface area contributed by atoms with Crippen LogP contribution in [0.5, 0.6) is 0 Å². The van der Waals surface area contributed by atoms with Crippen LogP contribution in [0.3, 0.4) is 0 Å². The minimum Gasteiger partial charge on any atom is -0.310 e. The topological polar surface area (TPSA) is 92.7 Å². The lowest BCUT2D eigenvalue weighted by Gasteiger charge is -2.24. The Morgan fingerprint density at radius 1 is 1.19 bits per heavy atom. The molecule has 1 amide bonds. The van der Waals surface area contributed by atoms with Gasteiger partial charge >= 0.3 is 0 Å². The first kappa shape index (κ1) is 16.1. The zero-order valence-corrected chi connectivity index (χ0v) is 13.6. The number of nitrogens with zero attached hydrogens (tertiary/aromatic N) is 3. The second kappa shape index (κ2) is 5.87. The summed E-state index contributed by atoms with van der Waals surface area (Å²) in [6.45, 7) is 1.71. The lowest BCUT2D eigenvalue weighted by atomic mass is 9.85. The molecule has 0 bridgehead atoms. The molecule has 2 N–H and O–H groups in total. The Morgan fingerprint density at radius 2 is 2.00 bits per heavy atom. The second-order valence-corrected chi connectivity index (χ2v) is 6.01. The average molecular weight is 357 g/mol. The largest absolute Gasteiger partial charge is 0.310 e. The van der Waals surface area contributed by atoms with Crippen molar-refractivity contribution in [3.05, 3.63) is 69.1 Å². The van der Waals surface area contributed by atoms with Gasteiger partial charge in [-0.3, -0.25) is 9.59 Å². The summed E-state index contributed by atoms with van der Waals surface area (Å²) in [5.41, 5.74) is 0.845. The Balaban J connectivity index is 1.91. The molecule has 1 aliphatic heterocycles. The summed E-state index contributed by atoms with van der Waals surface area (Å²) < 4.78 is 29.3. The Kier molecular flexibility index (Phi) is 3.64. The number of anilines is 1. The van der Waals surface area contributed by atoms with Crippen LogP contribution < -0.4 is 10.9 Å². The van der Waals surface area contributed by atoms with E-state index in [4.69, 9.17) is 0 Å². The number of aryl methyl sites for hydroxylation is 1. The van der Waals surface area contributed by atoms with Crippen molar-refractivity contribution >= 4 is 11.7 Å². The van der Waals surface area contributed by atoms with E-state index in [9.17, 15) is 18.4 Å². The smallest absolute Gasteiger partial charge is 0.264 e. The highest BCUT2D eigenvalue weighted by Gasteiger charge is 2.34. The van der Waals surface area contributed by atoms with E-state index in [2.05, 4.69) is 20.6 Å². The summed E-state index contributed by atoms with van der Waals surface area (Å²) in [4.78, 5) is 23.4. The first-order chi connectivity index (χ1) is 12.4. The number of aromatic amines is 1. The minimum atomic E-state index is -0.675. The highest BCUT2D eigenvalue weighted by molar-refractivity contribution is 5.95. The highest BCUT2D eigenvalue weighted by Crippen LogP contribution is 2.40. The molecule has 0 unspecified atom stereocenters. The maximum absolute atomic E-state index is 14.3. The number of carbonyl (C=O) groups is 1. The maximum atomic E-state index is 14.3. The number of nitrogens with one attached hydrogen (secondary N) is 2. The third kappa shape index (κ3) is 2.57. The molecule has 4 rings (SSSR count). The highest BCUT2D eigenvalue weighted by atomic mass is 19.1. The first-order valence-electron chi connectivity index (χ1n) is 7.84. The fourth-order valence-corrected chi connectivity index (χ4v) is 3.22. The van der Waals surface area contributed by atoms with Gasteiger partial charge in [0.1, 0.15) is 17.5 Å². The zero-order chi connectivity index (χ0) is 18.4. The minimum absolute atomic E-state index is 0.0288. The summed E-state index contributed by atoms with van der Waals surface area (Å²) in [7, 11) is 0. The van der Waals surface area contributed by atoms with Crippen LogP contribution in [0.4, 0.5) is 14.6 Å². The van der Waals surface area contributed by atoms with Crippen molar-refractivity contribution in [3.63, 3.8) is 0 Å². The molecule has 0 aliphatic carbocycles. The molecule has 0 spiro atoms. The molecule has 2 aromatic heterocycles. The van der Waals surface area contributed by atoms with Crippen LogP contribution >= 0.6 is 0 Å². The van der Waals surface area contributed by atoms with E-state index in [1.807, 2.05) is 0 Å². The van der Waals surface area contributed by atoms with E-state index in [0.29, 0.717) is 17.1 Å². The predicted octanol–water partition coefficient (Wildman–Crippen LogP) is 2.02. The second-order valence-electron chi connectivity index (χ2n) is 6.01. The number of benzene rings is 1. The van der Waals surface area contributed by atoms with Gasteiger partial charge in [-0.15, -0.1) is 0 Å². The molecule has 132 valence electrons. The Bertz CT molecular complexity index is 1070. The molecule has 7 nitrogen and oxygen atoms in total. The molecule has 3 aromatic rings. The summed E-state index contributed by atoms with van der Waals surface area (Å²) in [5.74, 6) is -1.59. The Morgan fingerprint density at radius 3 is 2.73 bits per heavy atom. The van der Waals surface area contributed by atoms with Crippen LogP contribution in [0, 0.1) is 18.6 Å². The van der Waals surface area contributed by atoms with Crippen molar-refractivity contribution in [2.75, 3.05) is 5.32 Å². The molecule has 1 aromatic carbocycles. The number of amides is 1. The number of carbonyl (C=O) groups excluding carboxylic acids is 1. The summed E-state index contributed by atoms with van der Waals surface area (Å²) in [5, 5.41) is 13.3. The molecule has 0 fully saturated rings. The fraction of sp³-hybridized carbons (Fsp3) is 0.176. The monoisotopic (exact) mass is 357 g/mol. The third-order valence-electron chi connectivity index (χ3n) is 4.32. The van der Waals surface area contributed by atoms with Gasteiger partial charge in [0.05, 0.1) is 5.69 Å². The number of H-pyrrole nitrogens is 1. The van der Waals surface area contributed by atoms with Crippen molar-refractivity contribution < 1.29 is 13.6 Å². The number of halogens is 2. The van der Waals surface area contributed by atoms with Crippen LogP contribution in [0.1, 0.15) is 29.2 Å². The summed E-state index contributed by atoms with van der Waals surface area (Å²) in [6.07, 6.45) is -0.0288. The molecular weight excluding hydrogens is 344 g/mol. The van der Waals surface area contributed by atoms with Crippen molar-refractivity contribution in [3.8, 4) is 5.82 Å². The summed E-state index contributed by atoms with van der Waals surface area (Å²) >= 11 is 0. The Labute approximate surface area is 145 Å². The lowest BCUT2D eigenvalue weighted by Crippen LogP contribution is -2.25. The summed E-state index contributed by atoms with van der Waals surface area (Å²) in [6, 6.07) is 5.89. The first-order valence-corrected chi connectivity index (χ1v) is 7.84. The van der Waals surface area contributed by atoms with Gasteiger partial charge in [0, 0.05) is 24.0 Å². The van der Waals surface area contributed by atoms with Crippen molar-refractivity contribution in [2.45, 2.75) is 19.3 Å². The van der Waals surface area contributed by atoms with Crippen LogP contribution in [0.15, 0.2) is 35.1 Å². The van der Waals surface area contributed by atoms with E-state index in [1.54, 1.807) is 6.92 Å². The SMILES string of the molecule is Cc1nn(-c2ccc(=O)[nH]n2)c2c1[C@H](c1cc(F)ccc1F)CC(=O)N2. The van der Waals surface area contributed by atoms with E-state index in [1.165, 1.54) is 16.8 Å². The van der Waals surface area contributed by atoms with Gasteiger partial charge in [-0.2, -0.15) is 14.9 Å². The van der Waals surface area contributed by atoms with Crippen LogP contribution in [-0.2, 0) is 4.79 Å². The number of hydrogen-bond acceptors (Lipinski definition) is 4. The standard InChI is InChI=1S/C17H13F2N5O2/c1-8-16-11(10-6-9(18)2-3-12(10)19)7-15(26)20-17(16)24(23-8)13-4-5-14(25)22-21-13/h2-6,11H,7H2,1H3,(H,20,26)(H,22,25)/t11-/m0/s1. The van der Waals surface area contributed by atoms with Gasteiger partial charge in [0.25, 0.3) is 5.56 Å². The number of hydrogen-bond donors (Lipinski definition) is 2. The van der Waals surface area contributed by atoms with Crippen molar-refractivity contribution in [2.24, 2.45) is 0 Å². The number of aromatic nitrogens is 4. The molecule has 0 saturated carbocycles. The van der Waals surface area contributed by atoms with Gasteiger partial charge in [-0.25, -0.2) is 13.9 Å².